The molecule has 2 fully saturated rings. The minimum Gasteiger partial charge on any atom is -0.342 e. The van der Waals surface area contributed by atoms with E-state index in [4.69, 9.17) is 0 Å². The lowest BCUT2D eigenvalue weighted by Crippen LogP contribution is -2.49. The van der Waals surface area contributed by atoms with E-state index < -0.39 is 23.3 Å². The lowest BCUT2D eigenvalue weighted by atomic mass is 9.85. The summed E-state index contributed by atoms with van der Waals surface area (Å²) in [6.45, 7) is 1.91. The van der Waals surface area contributed by atoms with Crippen LogP contribution >= 0.6 is 11.8 Å². The van der Waals surface area contributed by atoms with Gasteiger partial charge in [0.05, 0.1) is 0 Å². The number of hydrogen-bond acceptors (Lipinski definition) is 4. The molecular formula is C16H18N2O3S. The van der Waals surface area contributed by atoms with Gasteiger partial charge in [-0.15, -0.1) is 0 Å². The van der Waals surface area contributed by atoms with Crippen molar-refractivity contribution in [2.45, 2.75) is 25.3 Å². The quantitative estimate of drug-likeness (QED) is 0.811. The molecule has 2 heterocycles. The van der Waals surface area contributed by atoms with Gasteiger partial charge >= 0.3 is 0 Å². The van der Waals surface area contributed by atoms with Crippen molar-refractivity contribution >= 4 is 35.0 Å². The molecule has 0 aliphatic carbocycles. The van der Waals surface area contributed by atoms with E-state index in [2.05, 4.69) is 10.6 Å². The van der Waals surface area contributed by atoms with Crippen LogP contribution < -0.4 is 10.6 Å². The summed E-state index contributed by atoms with van der Waals surface area (Å²) in [5.41, 5.74) is 0.781. The molecule has 1 aromatic carbocycles. The van der Waals surface area contributed by atoms with E-state index in [1.165, 1.54) is 0 Å². The Labute approximate surface area is 133 Å². The van der Waals surface area contributed by atoms with Gasteiger partial charge in [0.2, 0.25) is 11.8 Å². The Hall–Kier alpha value is -1.82. The maximum atomic E-state index is 12.6. The second-order valence-electron chi connectivity index (χ2n) is 5.84. The van der Waals surface area contributed by atoms with Crippen LogP contribution in [0.25, 0.3) is 0 Å². The molecule has 2 N–H and O–H groups in total. The van der Waals surface area contributed by atoms with E-state index in [-0.39, 0.29) is 5.78 Å². The first-order valence-electron chi connectivity index (χ1n) is 7.33. The third-order valence-corrected chi connectivity index (χ3v) is 5.24. The van der Waals surface area contributed by atoms with Crippen LogP contribution in [0.2, 0.25) is 0 Å². The number of nitrogens with one attached hydrogen (secondary N) is 2. The van der Waals surface area contributed by atoms with Gasteiger partial charge in [0.25, 0.3) is 0 Å². The highest BCUT2D eigenvalue weighted by molar-refractivity contribution is 7.99. The summed E-state index contributed by atoms with van der Waals surface area (Å²) < 4.78 is 0. The monoisotopic (exact) mass is 318 g/mol. The third kappa shape index (κ3) is 2.63. The minimum absolute atomic E-state index is 0.275. The predicted molar refractivity (Wildman–Crippen MR) is 85.7 cm³/mol. The SMILES string of the molecule is Cc1cccc(NC(=O)C2C(=O)NC3(CCSCC3)C2=O)c1. The zero-order valence-corrected chi connectivity index (χ0v) is 13.2. The molecule has 2 aliphatic heterocycles. The van der Waals surface area contributed by atoms with Crippen molar-refractivity contribution in [3.8, 4) is 0 Å². The number of carbonyl (C=O) groups is 3. The zero-order chi connectivity index (χ0) is 15.7. The van der Waals surface area contributed by atoms with Gasteiger partial charge in [-0.2, -0.15) is 11.8 Å². The number of amides is 2. The standard InChI is InChI=1S/C16H18N2O3S/c1-10-3-2-4-11(9-10)17-14(20)12-13(19)16(18-15(12)21)5-7-22-8-6-16/h2-4,9,12H,5-8H2,1H3,(H,17,20)(H,18,21). The van der Waals surface area contributed by atoms with Gasteiger partial charge in [0.15, 0.2) is 11.7 Å². The first-order valence-corrected chi connectivity index (χ1v) is 8.49. The summed E-state index contributed by atoms with van der Waals surface area (Å²) in [5.74, 6) is -0.854. The van der Waals surface area contributed by atoms with Crippen LogP contribution in [0.5, 0.6) is 0 Å². The fourth-order valence-corrected chi connectivity index (χ4v) is 4.22. The van der Waals surface area contributed by atoms with Crippen LogP contribution in [0.3, 0.4) is 0 Å². The van der Waals surface area contributed by atoms with Gasteiger partial charge in [-0.05, 0) is 49.0 Å². The Bertz CT molecular complexity index is 638. The number of anilines is 1. The van der Waals surface area contributed by atoms with Gasteiger partial charge in [0, 0.05) is 5.69 Å². The van der Waals surface area contributed by atoms with Crippen molar-refractivity contribution in [3.63, 3.8) is 0 Å². The summed E-state index contributed by atoms with van der Waals surface area (Å²) in [7, 11) is 0. The fraction of sp³-hybridized carbons (Fsp3) is 0.438. The molecule has 2 saturated heterocycles. The number of benzene rings is 1. The summed E-state index contributed by atoms with van der Waals surface area (Å²) in [4.78, 5) is 37.2. The van der Waals surface area contributed by atoms with Gasteiger partial charge in [0.1, 0.15) is 5.54 Å². The van der Waals surface area contributed by atoms with Crippen molar-refractivity contribution in [2.24, 2.45) is 5.92 Å². The van der Waals surface area contributed by atoms with Crippen molar-refractivity contribution in [3.05, 3.63) is 29.8 Å². The van der Waals surface area contributed by atoms with Crippen LogP contribution in [-0.4, -0.2) is 34.6 Å². The summed E-state index contributed by atoms with van der Waals surface area (Å²) >= 11 is 1.77. The highest BCUT2D eigenvalue weighted by atomic mass is 32.2. The second-order valence-corrected chi connectivity index (χ2v) is 7.06. The number of thioether (sulfide) groups is 1. The highest BCUT2D eigenvalue weighted by Gasteiger charge is 2.55. The van der Waals surface area contributed by atoms with Gasteiger partial charge in [-0.3, -0.25) is 14.4 Å². The van der Waals surface area contributed by atoms with E-state index in [1.54, 1.807) is 17.8 Å². The summed E-state index contributed by atoms with van der Waals surface area (Å²) in [6.07, 6.45) is 1.22. The Kier molecular flexibility index (Phi) is 3.95. The van der Waals surface area contributed by atoms with Gasteiger partial charge in [-0.1, -0.05) is 12.1 Å². The molecular weight excluding hydrogens is 300 g/mol. The zero-order valence-electron chi connectivity index (χ0n) is 12.3. The molecule has 0 aromatic heterocycles. The molecule has 1 aromatic rings. The van der Waals surface area contributed by atoms with Crippen molar-refractivity contribution in [1.82, 2.24) is 5.32 Å². The molecule has 22 heavy (non-hydrogen) atoms. The fourth-order valence-electron chi connectivity index (χ4n) is 3.03. The van der Waals surface area contributed by atoms with Crippen LogP contribution in [0.4, 0.5) is 5.69 Å². The highest BCUT2D eigenvalue weighted by Crippen LogP contribution is 2.34. The van der Waals surface area contributed by atoms with Gasteiger partial charge < -0.3 is 10.6 Å². The van der Waals surface area contributed by atoms with E-state index in [1.807, 2.05) is 25.1 Å². The molecule has 2 amide bonds. The van der Waals surface area contributed by atoms with Crippen LogP contribution in [-0.2, 0) is 14.4 Å². The Morgan fingerprint density at radius 1 is 1.32 bits per heavy atom. The first kappa shape index (κ1) is 15.1. The van der Waals surface area contributed by atoms with Crippen LogP contribution in [0, 0.1) is 12.8 Å². The maximum absolute atomic E-state index is 12.6. The Morgan fingerprint density at radius 3 is 2.73 bits per heavy atom. The average molecular weight is 318 g/mol. The van der Waals surface area contributed by atoms with Gasteiger partial charge in [-0.25, -0.2) is 0 Å². The van der Waals surface area contributed by atoms with E-state index in [9.17, 15) is 14.4 Å². The molecule has 5 nitrogen and oxygen atoms in total. The number of carbonyl (C=O) groups excluding carboxylic acids is 3. The topological polar surface area (TPSA) is 75.3 Å². The lowest BCUT2D eigenvalue weighted by molar-refractivity contribution is -0.135. The van der Waals surface area contributed by atoms with E-state index in [0.29, 0.717) is 18.5 Å². The average Bonchev–Trinajstić information content (AvgIpc) is 2.70. The molecule has 0 bridgehead atoms. The first-order chi connectivity index (χ1) is 10.5. The van der Waals surface area contributed by atoms with Crippen molar-refractivity contribution < 1.29 is 14.4 Å². The smallest absolute Gasteiger partial charge is 0.244 e. The summed E-state index contributed by atoms with van der Waals surface area (Å²) in [6, 6.07) is 7.29. The largest absolute Gasteiger partial charge is 0.342 e. The van der Waals surface area contributed by atoms with E-state index in [0.717, 1.165) is 17.1 Å². The molecule has 3 rings (SSSR count). The van der Waals surface area contributed by atoms with Crippen LogP contribution in [0.1, 0.15) is 18.4 Å². The molecule has 6 heteroatoms. The normalized spacial score (nSPS) is 23.4. The Balaban J connectivity index is 1.77. The molecule has 0 radical (unpaired) electrons. The second kappa shape index (κ2) is 5.76. The number of ketones is 1. The molecule has 0 saturated carbocycles. The van der Waals surface area contributed by atoms with Crippen LogP contribution in [0.15, 0.2) is 24.3 Å². The molecule has 1 spiro atoms. The third-order valence-electron chi connectivity index (χ3n) is 4.25. The minimum atomic E-state index is -1.23. The summed E-state index contributed by atoms with van der Waals surface area (Å²) in [5, 5.41) is 5.47. The molecule has 1 unspecified atom stereocenters. The Morgan fingerprint density at radius 2 is 2.05 bits per heavy atom. The number of hydrogen-bond donors (Lipinski definition) is 2. The van der Waals surface area contributed by atoms with Crippen molar-refractivity contribution in [1.29, 1.82) is 0 Å². The molecule has 2 aliphatic rings. The molecule has 1 atom stereocenters. The molecule has 116 valence electrons. The number of aryl methyl sites for hydroxylation is 1. The number of Topliss-reactive ketones (excluding diaryl/α,β-unsaturated/α-hetero) is 1. The predicted octanol–water partition coefficient (Wildman–Crippen LogP) is 1.51. The number of rotatable bonds is 2. The lowest BCUT2D eigenvalue weighted by Gasteiger charge is -2.31. The van der Waals surface area contributed by atoms with E-state index >= 15 is 0 Å². The van der Waals surface area contributed by atoms with Crippen molar-refractivity contribution in [2.75, 3.05) is 16.8 Å². The maximum Gasteiger partial charge on any atom is 0.244 e.